The maximum atomic E-state index is 12.7. The van der Waals surface area contributed by atoms with Gasteiger partial charge in [-0.3, -0.25) is 9.98 Å². The summed E-state index contributed by atoms with van der Waals surface area (Å²) >= 11 is 0. The maximum Gasteiger partial charge on any atom is 0.141 e. The van der Waals surface area contributed by atoms with Crippen LogP contribution in [0, 0.1) is 5.82 Å². The zero-order valence-electron chi connectivity index (χ0n) is 11.1. The van der Waals surface area contributed by atoms with E-state index in [-0.39, 0.29) is 11.4 Å². The summed E-state index contributed by atoms with van der Waals surface area (Å²) in [7, 11) is 0. The van der Waals surface area contributed by atoms with E-state index in [4.69, 9.17) is 5.73 Å². The molecular formula is C14H19FN4. The highest BCUT2D eigenvalue weighted by Crippen LogP contribution is 2.35. The molecule has 0 saturated heterocycles. The van der Waals surface area contributed by atoms with Crippen LogP contribution >= 0.6 is 0 Å². The summed E-state index contributed by atoms with van der Waals surface area (Å²) in [4.78, 5) is 8.27. The molecule has 1 aliphatic rings. The number of hydrogen-bond donors (Lipinski definition) is 2. The quantitative estimate of drug-likeness (QED) is 0.767. The van der Waals surface area contributed by atoms with Gasteiger partial charge in [0.25, 0.3) is 0 Å². The minimum atomic E-state index is -0.369. The van der Waals surface area contributed by atoms with Crippen molar-refractivity contribution in [2.24, 2.45) is 10.7 Å². The number of hydrogen-bond acceptors (Lipinski definition) is 4. The lowest BCUT2D eigenvalue weighted by atomic mass is 10.2. The van der Waals surface area contributed by atoms with Crippen LogP contribution in [-0.4, -0.2) is 29.8 Å². The summed E-state index contributed by atoms with van der Waals surface area (Å²) in [6.07, 6.45) is 6.89. The molecular weight excluding hydrogens is 243 g/mol. The molecule has 0 aromatic carbocycles. The second kappa shape index (κ2) is 5.93. The summed E-state index contributed by atoms with van der Waals surface area (Å²) in [6.45, 7) is 3.83. The number of halogens is 1. The highest BCUT2D eigenvalue weighted by Gasteiger charge is 2.41. The topological polar surface area (TPSA) is 63.3 Å². The van der Waals surface area contributed by atoms with Crippen molar-refractivity contribution in [1.29, 1.82) is 0 Å². The standard InChI is InChI=1S/C14H19FN4/c1-2-19-14(6-7-14)10-17-8-5-12(16)13-4-3-11(15)9-18-13/h3-5,8-9,19H,2,6-7,10,16H2,1H3. The zero-order chi connectivity index (χ0) is 13.7. The first-order valence-electron chi connectivity index (χ1n) is 6.48. The Morgan fingerprint density at radius 2 is 2.37 bits per heavy atom. The van der Waals surface area contributed by atoms with Gasteiger partial charge in [0.15, 0.2) is 0 Å². The third kappa shape index (κ3) is 3.86. The molecule has 0 spiro atoms. The van der Waals surface area contributed by atoms with Crippen LogP contribution in [0.15, 0.2) is 29.4 Å². The summed E-state index contributed by atoms with van der Waals surface area (Å²) < 4.78 is 12.7. The summed E-state index contributed by atoms with van der Waals surface area (Å²) in [5.41, 5.74) is 7.09. The molecule has 1 heterocycles. The molecule has 0 bridgehead atoms. The van der Waals surface area contributed by atoms with Crippen LogP contribution < -0.4 is 11.1 Å². The Morgan fingerprint density at radius 3 is 2.95 bits per heavy atom. The number of pyridine rings is 1. The van der Waals surface area contributed by atoms with Gasteiger partial charge in [-0.2, -0.15) is 0 Å². The fourth-order valence-corrected chi connectivity index (χ4v) is 1.91. The Morgan fingerprint density at radius 1 is 1.58 bits per heavy atom. The number of likely N-dealkylation sites (N-methyl/N-ethyl adjacent to an activating group) is 1. The minimum Gasteiger partial charge on any atom is -0.397 e. The first-order chi connectivity index (χ1) is 9.15. The van der Waals surface area contributed by atoms with Crippen LogP contribution in [0.5, 0.6) is 0 Å². The zero-order valence-corrected chi connectivity index (χ0v) is 11.1. The van der Waals surface area contributed by atoms with Gasteiger partial charge >= 0.3 is 0 Å². The second-order valence-corrected chi connectivity index (χ2v) is 4.78. The van der Waals surface area contributed by atoms with Gasteiger partial charge in [0.2, 0.25) is 0 Å². The van der Waals surface area contributed by atoms with Gasteiger partial charge in [0, 0.05) is 11.8 Å². The molecule has 1 aliphatic carbocycles. The summed E-state index contributed by atoms with van der Waals surface area (Å²) in [5, 5.41) is 3.44. The Bertz CT molecular complexity index is 475. The maximum absolute atomic E-state index is 12.7. The average Bonchev–Trinajstić information content (AvgIpc) is 3.16. The molecule has 19 heavy (non-hydrogen) atoms. The van der Waals surface area contributed by atoms with E-state index in [0.29, 0.717) is 11.4 Å². The first-order valence-corrected chi connectivity index (χ1v) is 6.48. The van der Waals surface area contributed by atoms with E-state index in [1.165, 1.54) is 18.9 Å². The molecule has 5 heteroatoms. The number of aliphatic imine (C=N–C) groups is 1. The predicted molar refractivity (Wildman–Crippen MR) is 75.4 cm³/mol. The molecule has 4 nitrogen and oxygen atoms in total. The van der Waals surface area contributed by atoms with Gasteiger partial charge in [-0.1, -0.05) is 6.92 Å². The second-order valence-electron chi connectivity index (χ2n) is 4.78. The fraction of sp³-hybridized carbons (Fsp3) is 0.429. The molecule has 1 saturated carbocycles. The SMILES string of the molecule is CCNC1(CN=CC=C(N)c2ccc(F)cn2)CC1. The van der Waals surface area contributed by atoms with E-state index >= 15 is 0 Å². The van der Waals surface area contributed by atoms with E-state index in [1.807, 2.05) is 0 Å². The Kier molecular flexibility index (Phi) is 4.27. The highest BCUT2D eigenvalue weighted by molar-refractivity contribution is 5.82. The van der Waals surface area contributed by atoms with Crippen LogP contribution in [0.25, 0.3) is 5.70 Å². The monoisotopic (exact) mass is 262 g/mol. The van der Waals surface area contributed by atoms with Gasteiger partial charge in [-0.05, 0) is 37.6 Å². The number of allylic oxidation sites excluding steroid dienone is 1. The van der Waals surface area contributed by atoms with Crippen LogP contribution in [-0.2, 0) is 0 Å². The van der Waals surface area contributed by atoms with Crippen molar-refractivity contribution in [3.8, 4) is 0 Å². The van der Waals surface area contributed by atoms with Gasteiger partial charge < -0.3 is 11.1 Å². The lowest BCUT2D eigenvalue weighted by Gasteiger charge is -2.12. The molecule has 0 radical (unpaired) electrons. The van der Waals surface area contributed by atoms with Crippen molar-refractivity contribution in [3.05, 3.63) is 35.9 Å². The number of nitrogens with zero attached hydrogens (tertiary/aromatic N) is 2. The lowest BCUT2D eigenvalue weighted by molar-refractivity contribution is 0.525. The average molecular weight is 262 g/mol. The molecule has 0 amide bonds. The molecule has 0 atom stereocenters. The largest absolute Gasteiger partial charge is 0.397 e. The smallest absolute Gasteiger partial charge is 0.141 e. The minimum absolute atomic E-state index is 0.210. The third-order valence-corrected chi connectivity index (χ3v) is 3.18. The lowest BCUT2D eigenvalue weighted by Crippen LogP contribution is -2.33. The molecule has 1 aromatic rings. The summed E-state index contributed by atoms with van der Waals surface area (Å²) in [6, 6.07) is 2.89. The van der Waals surface area contributed by atoms with E-state index in [0.717, 1.165) is 19.3 Å². The molecule has 0 unspecified atom stereocenters. The molecule has 0 aliphatic heterocycles. The summed E-state index contributed by atoms with van der Waals surface area (Å²) in [5.74, 6) is -0.369. The van der Waals surface area contributed by atoms with Crippen LogP contribution in [0.4, 0.5) is 4.39 Å². The van der Waals surface area contributed by atoms with Gasteiger partial charge in [-0.15, -0.1) is 0 Å². The molecule has 1 aromatic heterocycles. The van der Waals surface area contributed by atoms with Crippen molar-refractivity contribution >= 4 is 11.9 Å². The van der Waals surface area contributed by atoms with Gasteiger partial charge in [-0.25, -0.2) is 4.39 Å². The number of nitrogens with one attached hydrogen (secondary N) is 1. The molecule has 3 N–H and O–H groups in total. The van der Waals surface area contributed by atoms with E-state index in [1.54, 1.807) is 18.4 Å². The number of nitrogens with two attached hydrogens (primary N) is 1. The Balaban J connectivity index is 1.89. The Labute approximate surface area is 112 Å². The van der Waals surface area contributed by atoms with Crippen molar-refractivity contribution in [2.45, 2.75) is 25.3 Å². The van der Waals surface area contributed by atoms with Crippen LogP contribution in [0.3, 0.4) is 0 Å². The molecule has 1 fully saturated rings. The molecule has 102 valence electrons. The normalized spacial score (nSPS) is 17.9. The van der Waals surface area contributed by atoms with E-state index in [2.05, 4.69) is 22.2 Å². The van der Waals surface area contributed by atoms with Crippen molar-refractivity contribution < 1.29 is 4.39 Å². The van der Waals surface area contributed by atoms with Crippen LogP contribution in [0.1, 0.15) is 25.5 Å². The Hall–Kier alpha value is -1.75. The number of aromatic nitrogens is 1. The van der Waals surface area contributed by atoms with Gasteiger partial charge in [0.1, 0.15) is 5.82 Å². The first kappa shape index (κ1) is 13.7. The molecule has 2 rings (SSSR count). The van der Waals surface area contributed by atoms with Crippen molar-refractivity contribution in [3.63, 3.8) is 0 Å². The third-order valence-electron chi connectivity index (χ3n) is 3.18. The highest BCUT2D eigenvalue weighted by atomic mass is 19.1. The fourth-order valence-electron chi connectivity index (χ4n) is 1.91. The van der Waals surface area contributed by atoms with E-state index < -0.39 is 0 Å². The van der Waals surface area contributed by atoms with Gasteiger partial charge in [0.05, 0.1) is 24.1 Å². The van der Waals surface area contributed by atoms with Crippen LogP contribution in [0.2, 0.25) is 0 Å². The number of rotatable bonds is 6. The predicted octanol–water partition coefficient (Wildman–Crippen LogP) is 1.73. The van der Waals surface area contributed by atoms with Crippen molar-refractivity contribution in [2.75, 3.05) is 13.1 Å². The van der Waals surface area contributed by atoms with E-state index in [9.17, 15) is 4.39 Å². The van der Waals surface area contributed by atoms with Crippen molar-refractivity contribution in [1.82, 2.24) is 10.3 Å².